The first-order valence-corrected chi connectivity index (χ1v) is 10.3. The number of aryl methyl sites for hydroxylation is 1. The van der Waals surface area contributed by atoms with E-state index in [4.69, 9.17) is 9.26 Å². The number of aromatic nitrogens is 5. The molecule has 9 nitrogen and oxygen atoms in total. The van der Waals surface area contributed by atoms with Gasteiger partial charge in [0.15, 0.2) is 17.1 Å². The highest BCUT2D eigenvalue weighted by Gasteiger charge is 2.26. The number of ether oxygens (including phenoxy) is 1. The summed E-state index contributed by atoms with van der Waals surface area (Å²) in [7, 11) is 0. The van der Waals surface area contributed by atoms with Crippen molar-refractivity contribution in [2.75, 3.05) is 19.7 Å². The van der Waals surface area contributed by atoms with Crippen LogP contribution in [0.5, 0.6) is 5.88 Å². The van der Waals surface area contributed by atoms with Crippen LogP contribution in [-0.4, -0.2) is 55.2 Å². The van der Waals surface area contributed by atoms with Gasteiger partial charge in [0, 0.05) is 43.2 Å². The zero-order valence-corrected chi connectivity index (χ0v) is 17.1. The SMILES string of the molecule is Cc1cn2nc(OCC3CCN(C(=O)c4cc(-c5cccnc5)on4)CC3)ccc2n1. The Labute approximate surface area is 178 Å². The van der Waals surface area contributed by atoms with Crippen molar-refractivity contribution in [1.29, 1.82) is 0 Å². The van der Waals surface area contributed by atoms with Crippen LogP contribution in [0.4, 0.5) is 0 Å². The summed E-state index contributed by atoms with van der Waals surface area (Å²) in [5.74, 6) is 1.38. The van der Waals surface area contributed by atoms with Crippen molar-refractivity contribution in [2.24, 2.45) is 5.92 Å². The minimum Gasteiger partial charge on any atom is -0.476 e. The molecule has 0 saturated carbocycles. The minimum atomic E-state index is -0.110. The van der Waals surface area contributed by atoms with Crippen molar-refractivity contribution in [3.63, 3.8) is 0 Å². The largest absolute Gasteiger partial charge is 0.476 e. The van der Waals surface area contributed by atoms with Crippen LogP contribution in [0.1, 0.15) is 29.0 Å². The third kappa shape index (κ3) is 4.11. The van der Waals surface area contributed by atoms with Gasteiger partial charge < -0.3 is 14.2 Å². The molecule has 158 valence electrons. The molecule has 1 saturated heterocycles. The summed E-state index contributed by atoms with van der Waals surface area (Å²) in [6.07, 6.45) is 6.97. The third-order valence-corrected chi connectivity index (χ3v) is 5.46. The summed E-state index contributed by atoms with van der Waals surface area (Å²) in [5.41, 5.74) is 2.84. The Kier molecular flexibility index (Phi) is 5.07. The van der Waals surface area contributed by atoms with E-state index in [0.29, 0.717) is 42.9 Å². The van der Waals surface area contributed by atoms with Crippen molar-refractivity contribution in [2.45, 2.75) is 19.8 Å². The van der Waals surface area contributed by atoms with Crippen LogP contribution in [-0.2, 0) is 0 Å². The monoisotopic (exact) mass is 418 g/mol. The highest BCUT2D eigenvalue weighted by atomic mass is 16.5. The number of carbonyl (C=O) groups excluding carboxylic acids is 1. The van der Waals surface area contributed by atoms with E-state index in [1.54, 1.807) is 23.0 Å². The van der Waals surface area contributed by atoms with Crippen LogP contribution in [0.3, 0.4) is 0 Å². The lowest BCUT2D eigenvalue weighted by molar-refractivity contribution is 0.0649. The highest BCUT2D eigenvalue weighted by molar-refractivity contribution is 5.93. The quantitative estimate of drug-likeness (QED) is 0.491. The lowest BCUT2D eigenvalue weighted by Crippen LogP contribution is -2.39. The minimum absolute atomic E-state index is 0.110. The molecule has 5 heterocycles. The molecule has 1 aliphatic rings. The van der Waals surface area contributed by atoms with Gasteiger partial charge in [-0.3, -0.25) is 9.78 Å². The van der Waals surface area contributed by atoms with Gasteiger partial charge in [0.05, 0.1) is 18.5 Å². The van der Waals surface area contributed by atoms with Crippen LogP contribution >= 0.6 is 0 Å². The van der Waals surface area contributed by atoms with Gasteiger partial charge in [0.25, 0.3) is 5.91 Å². The molecule has 31 heavy (non-hydrogen) atoms. The number of hydrogen-bond donors (Lipinski definition) is 0. The molecular weight excluding hydrogens is 396 g/mol. The summed E-state index contributed by atoms with van der Waals surface area (Å²) >= 11 is 0. The lowest BCUT2D eigenvalue weighted by atomic mass is 9.97. The normalized spacial score (nSPS) is 14.8. The van der Waals surface area contributed by atoms with Crippen molar-refractivity contribution < 1.29 is 14.1 Å². The third-order valence-electron chi connectivity index (χ3n) is 5.46. The standard InChI is InChI=1S/C22H22N6O3/c1-15-13-28-20(24-15)4-5-21(25-28)30-14-16-6-9-27(10-7-16)22(29)18-11-19(31-26-18)17-3-2-8-23-12-17/h2-5,8,11-13,16H,6-7,9-10,14H2,1H3. The van der Waals surface area contributed by atoms with Gasteiger partial charge in [-0.15, -0.1) is 5.10 Å². The number of piperidine rings is 1. The fourth-order valence-corrected chi connectivity index (χ4v) is 3.75. The average molecular weight is 418 g/mol. The molecule has 0 bridgehead atoms. The molecule has 0 aromatic carbocycles. The molecule has 5 rings (SSSR count). The van der Waals surface area contributed by atoms with Crippen LogP contribution < -0.4 is 4.74 Å². The van der Waals surface area contributed by atoms with Crippen LogP contribution in [0, 0.1) is 12.8 Å². The average Bonchev–Trinajstić information content (AvgIpc) is 3.44. The Balaban J connectivity index is 1.15. The molecule has 0 atom stereocenters. The maximum Gasteiger partial charge on any atom is 0.276 e. The molecule has 1 amide bonds. The molecule has 1 fully saturated rings. The second-order valence-corrected chi connectivity index (χ2v) is 7.72. The number of carbonyl (C=O) groups is 1. The predicted molar refractivity (Wildman–Crippen MR) is 112 cm³/mol. The van der Waals surface area contributed by atoms with Crippen LogP contribution in [0.15, 0.2) is 53.4 Å². The van der Waals surface area contributed by atoms with Crippen LogP contribution in [0.2, 0.25) is 0 Å². The Morgan fingerprint density at radius 2 is 2.13 bits per heavy atom. The first-order chi connectivity index (χ1) is 15.2. The number of amides is 1. The number of imidazole rings is 1. The zero-order valence-electron chi connectivity index (χ0n) is 17.1. The van der Waals surface area contributed by atoms with Gasteiger partial charge in [-0.25, -0.2) is 9.50 Å². The van der Waals surface area contributed by atoms with Crippen molar-refractivity contribution in [1.82, 2.24) is 29.6 Å². The van der Waals surface area contributed by atoms with Gasteiger partial charge >= 0.3 is 0 Å². The summed E-state index contributed by atoms with van der Waals surface area (Å²) in [5, 5.41) is 8.39. The van der Waals surface area contributed by atoms with E-state index in [2.05, 4.69) is 20.2 Å². The Morgan fingerprint density at radius 1 is 1.26 bits per heavy atom. The summed E-state index contributed by atoms with van der Waals surface area (Å²) in [6.45, 7) is 3.83. The van der Waals surface area contributed by atoms with Gasteiger partial charge in [0.2, 0.25) is 5.88 Å². The zero-order chi connectivity index (χ0) is 21.2. The second-order valence-electron chi connectivity index (χ2n) is 7.72. The lowest BCUT2D eigenvalue weighted by Gasteiger charge is -2.31. The van der Waals surface area contributed by atoms with E-state index in [-0.39, 0.29) is 5.91 Å². The van der Waals surface area contributed by atoms with E-state index in [0.717, 1.165) is 29.7 Å². The molecule has 0 spiro atoms. The second kappa shape index (κ2) is 8.17. The first kappa shape index (κ1) is 19.2. The fourth-order valence-electron chi connectivity index (χ4n) is 3.75. The van der Waals surface area contributed by atoms with Crippen molar-refractivity contribution >= 4 is 11.6 Å². The molecular formula is C22H22N6O3. The Bertz CT molecular complexity index is 1190. The maximum atomic E-state index is 12.8. The molecule has 1 aliphatic heterocycles. The first-order valence-electron chi connectivity index (χ1n) is 10.3. The molecule has 4 aromatic rings. The van der Waals surface area contributed by atoms with Gasteiger partial charge in [0.1, 0.15) is 0 Å². The Hall–Kier alpha value is -3.75. The number of likely N-dealkylation sites (tertiary alicyclic amines) is 1. The Morgan fingerprint density at radius 3 is 2.94 bits per heavy atom. The van der Waals surface area contributed by atoms with Crippen LogP contribution in [0.25, 0.3) is 17.0 Å². The van der Waals surface area contributed by atoms with Gasteiger partial charge in [-0.05, 0) is 43.9 Å². The number of pyridine rings is 1. The number of fused-ring (bicyclic) bond motifs is 1. The number of hydrogen-bond acceptors (Lipinski definition) is 7. The molecule has 0 N–H and O–H groups in total. The topological polar surface area (TPSA) is 98.7 Å². The summed E-state index contributed by atoms with van der Waals surface area (Å²) < 4.78 is 13.0. The maximum absolute atomic E-state index is 12.8. The van der Waals surface area contributed by atoms with E-state index < -0.39 is 0 Å². The van der Waals surface area contributed by atoms with E-state index in [9.17, 15) is 4.79 Å². The van der Waals surface area contributed by atoms with Gasteiger partial charge in [-0.1, -0.05) is 5.16 Å². The fraction of sp³-hybridized carbons (Fsp3) is 0.318. The number of rotatable bonds is 5. The highest BCUT2D eigenvalue weighted by Crippen LogP contribution is 2.23. The number of nitrogens with zero attached hydrogens (tertiary/aromatic N) is 6. The van der Waals surface area contributed by atoms with Crippen molar-refractivity contribution in [3.8, 4) is 17.2 Å². The molecule has 0 radical (unpaired) electrons. The van der Waals surface area contributed by atoms with Crippen molar-refractivity contribution in [3.05, 3.63) is 60.3 Å². The summed E-state index contributed by atoms with van der Waals surface area (Å²) in [6, 6.07) is 9.09. The smallest absolute Gasteiger partial charge is 0.276 e. The molecule has 0 unspecified atom stereocenters. The van der Waals surface area contributed by atoms with E-state index in [1.807, 2.05) is 42.3 Å². The van der Waals surface area contributed by atoms with Gasteiger partial charge in [-0.2, -0.15) is 0 Å². The predicted octanol–water partition coefficient (Wildman–Crippen LogP) is 3.02. The van der Waals surface area contributed by atoms with E-state index >= 15 is 0 Å². The molecule has 9 heteroatoms. The summed E-state index contributed by atoms with van der Waals surface area (Å²) in [4.78, 5) is 23.0. The molecule has 0 aliphatic carbocycles. The molecule has 4 aromatic heterocycles. The van der Waals surface area contributed by atoms with E-state index in [1.165, 1.54) is 0 Å².